The zero-order chi connectivity index (χ0) is 16.1. The Kier molecular flexibility index (Phi) is 4.57. The molecule has 0 spiro atoms. The van der Waals surface area contributed by atoms with Crippen molar-refractivity contribution >= 4 is 23.4 Å². The van der Waals surface area contributed by atoms with E-state index in [1.165, 1.54) is 6.92 Å². The van der Waals surface area contributed by atoms with E-state index in [1.54, 1.807) is 36.5 Å². The normalized spacial score (nSPS) is 9.91. The fourth-order valence-corrected chi connectivity index (χ4v) is 1.78. The van der Waals surface area contributed by atoms with Crippen molar-refractivity contribution in [1.29, 1.82) is 0 Å². The van der Waals surface area contributed by atoms with Crippen molar-refractivity contribution in [3.8, 4) is 11.5 Å². The Morgan fingerprint density at radius 3 is 2.64 bits per heavy atom. The van der Waals surface area contributed by atoms with Crippen LogP contribution in [0.25, 0.3) is 0 Å². The molecule has 114 valence electrons. The fraction of sp³-hybridized carbons (Fsp3) is 0.133. The lowest BCUT2D eigenvalue weighted by Gasteiger charge is -2.11. The predicted molar refractivity (Wildman–Crippen MR) is 82.7 cm³/mol. The number of nitrogens with two attached hydrogens (primary N) is 1. The number of nitrogen functional groups attached to an aromatic ring is 1. The number of carbonyl (C=O) groups excluding carboxylic acids is 2. The number of urea groups is 1. The summed E-state index contributed by atoms with van der Waals surface area (Å²) in [5, 5.41) is 4.69. The molecule has 0 aliphatic heterocycles. The van der Waals surface area contributed by atoms with Gasteiger partial charge in [0.25, 0.3) is 0 Å². The summed E-state index contributed by atoms with van der Waals surface area (Å²) in [7, 11) is 0. The Hall–Kier alpha value is -3.09. The number of hydrogen-bond acceptors (Lipinski definition) is 5. The van der Waals surface area contributed by atoms with Crippen molar-refractivity contribution in [3.63, 3.8) is 0 Å². The molecule has 0 unspecified atom stereocenters. The first-order valence-corrected chi connectivity index (χ1v) is 6.52. The minimum Gasteiger partial charge on any atom is -0.457 e. The van der Waals surface area contributed by atoms with Crippen LogP contribution in [0.1, 0.15) is 12.5 Å². The average Bonchev–Trinajstić information content (AvgIpc) is 2.41. The Bertz CT molecular complexity index is 716. The quantitative estimate of drug-likeness (QED) is 0.807. The molecule has 0 atom stereocenters. The van der Waals surface area contributed by atoms with Gasteiger partial charge in [0.15, 0.2) is 0 Å². The van der Waals surface area contributed by atoms with Crippen LogP contribution < -0.4 is 21.1 Å². The number of hydrogen-bond donors (Lipinski definition) is 3. The molecule has 4 N–H and O–H groups in total. The van der Waals surface area contributed by atoms with E-state index in [0.29, 0.717) is 23.0 Å². The molecule has 1 heterocycles. The van der Waals surface area contributed by atoms with E-state index in [2.05, 4.69) is 15.6 Å². The van der Waals surface area contributed by atoms with Gasteiger partial charge in [-0.25, -0.2) is 9.78 Å². The second-order valence-electron chi connectivity index (χ2n) is 4.63. The number of nitrogens with zero attached hydrogens (tertiary/aromatic N) is 1. The zero-order valence-corrected chi connectivity index (χ0v) is 12.2. The molecule has 22 heavy (non-hydrogen) atoms. The number of anilines is 2. The topological polar surface area (TPSA) is 106 Å². The summed E-state index contributed by atoms with van der Waals surface area (Å²) in [6.45, 7) is 3.11. The lowest BCUT2D eigenvalue weighted by atomic mass is 10.2. The van der Waals surface area contributed by atoms with Gasteiger partial charge in [-0.3, -0.25) is 10.1 Å². The number of imide groups is 1. The number of ether oxygens (including phenoxy) is 1. The minimum atomic E-state index is -0.581. The number of rotatable bonds is 3. The lowest BCUT2D eigenvalue weighted by molar-refractivity contribution is -0.117. The van der Waals surface area contributed by atoms with Gasteiger partial charge in [0, 0.05) is 24.9 Å². The smallest absolute Gasteiger partial charge is 0.325 e. The highest BCUT2D eigenvalue weighted by Crippen LogP contribution is 2.27. The van der Waals surface area contributed by atoms with Crippen LogP contribution in [-0.4, -0.2) is 16.9 Å². The van der Waals surface area contributed by atoms with E-state index in [4.69, 9.17) is 10.5 Å². The van der Waals surface area contributed by atoms with Crippen molar-refractivity contribution in [2.24, 2.45) is 0 Å². The molecule has 0 saturated heterocycles. The van der Waals surface area contributed by atoms with Crippen molar-refractivity contribution in [2.75, 3.05) is 11.1 Å². The van der Waals surface area contributed by atoms with E-state index < -0.39 is 11.9 Å². The summed E-state index contributed by atoms with van der Waals surface area (Å²) >= 11 is 0. The molecule has 0 aliphatic carbocycles. The van der Waals surface area contributed by atoms with Crippen LogP contribution >= 0.6 is 0 Å². The molecule has 2 aromatic rings. The summed E-state index contributed by atoms with van der Waals surface area (Å²) in [6, 6.07) is 7.86. The molecule has 0 saturated carbocycles. The molecule has 0 aliphatic rings. The van der Waals surface area contributed by atoms with Gasteiger partial charge >= 0.3 is 6.03 Å². The first-order chi connectivity index (χ1) is 10.4. The number of aromatic nitrogens is 1. The molecule has 7 nitrogen and oxygen atoms in total. The molecule has 7 heteroatoms. The van der Waals surface area contributed by atoms with E-state index >= 15 is 0 Å². The van der Waals surface area contributed by atoms with Crippen LogP contribution in [0.15, 0.2) is 36.5 Å². The number of pyridine rings is 1. The molecule has 3 amide bonds. The van der Waals surface area contributed by atoms with Gasteiger partial charge in [-0.05, 0) is 36.8 Å². The fourth-order valence-electron chi connectivity index (χ4n) is 1.78. The van der Waals surface area contributed by atoms with Gasteiger partial charge in [0.05, 0.1) is 0 Å². The van der Waals surface area contributed by atoms with Crippen molar-refractivity contribution in [1.82, 2.24) is 10.3 Å². The number of carbonyl (C=O) groups is 2. The first kappa shape index (κ1) is 15.3. The predicted octanol–water partition coefficient (Wildman–Crippen LogP) is 2.43. The lowest BCUT2D eigenvalue weighted by Crippen LogP contribution is -2.32. The Morgan fingerprint density at radius 2 is 2.00 bits per heavy atom. The summed E-state index contributed by atoms with van der Waals surface area (Å²) in [5.41, 5.74) is 6.97. The Balaban J connectivity index is 2.09. The second-order valence-corrected chi connectivity index (χ2v) is 4.63. The van der Waals surface area contributed by atoms with Crippen molar-refractivity contribution < 1.29 is 14.3 Å². The maximum atomic E-state index is 11.5. The van der Waals surface area contributed by atoms with E-state index in [-0.39, 0.29) is 0 Å². The molecule has 1 aromatic carbocycles. The minimum absolute atomic E-state index is 0.370. The summed E-state index contributed by atoms with van der Waals surface area (Å²) in [6.07, 6.45) is 1.56. The highest BCUT2D eigenvalue weighted by molar-refractivity contribution is 6.00. The molecule has 0 fully saturated rings. The average molecular weight is 300 g/mol. The van der Waals surface area contributed by atoms with Crippen LogP contribution in [0.3, 0.4) is 0 Å². The third-order valence-electron chi connectivity index (χ3n) is 2.70. The summed E-state index contributed by atoms with van der Waals surface area (Å²) < 4.78 is 5.71. The van der Waals surface area contributed by atoms with Gasteiger partial charge in [-0.15, -0.1) is 0 Å². The van der Waals surface area contributed by atoms with Crippen LogP contribution in [0.2, 0.25) is 0 Å². The molecule has 2 rings (SSSR count). The van der Waals surface area contributed by atoms with E-state index in [9.17, 15) is 9.59 Å². The maximum absolute atomic E-state index is 11.5. The largest absolute Gasteiger partial charge is 0.457 e. The second kappa shape index (κ2) is 6.57. The number of amides is 3. The van der Waals surface area contributed by atoms with Gasteiger partial charge in [0.2, 0.25) is 5.91 Å². The molecule has 0 bridgehead atoms. The third kappa shape index (κ3) is 4.20. The monoisotopic (exact) mass is 300 g/mol. The van der Waals surface area contributed by atoms with Gasteiger partial charge in [0.1, 0.15) is 17.3 Å². The van der Waals surface area contributed by atoms with E-state index in [1.807, 2.05) is 6.92 Å². The van der Waals surface area contributed by atoms with E-state index in [0.717, 1.165) is 5.56 Å². The van der Waals surface area contributed by atoms with Crippen molar-refractivity contribution in [3.05, 3.63) is 42.1 Å². The van der Waals surface area contributed by atoms with Gasteiger partial charge in [-0.1, -0.05) is 0 Å². The number of nitrogens with one attached hydrogen (secondary N) is 2. The molecule has 1 aromatic heterocycles. The van der Waals surface area contributed by atoms with Crippen LogP contribution in [0.4, 0.5) is 16.3 Å². The maximum Gasteiger partial charge on any atom is 0.325 e. The highest BCUT2D eigenvalue weighted by atomic mass is 16.5. The summed E-state index contributed by atoms with van der Waals surface area (Å²) in [4.78, 5) is 26.1. The zero-order valence-electron chi connectivity index (χ0n) is 12.2. The number of aryl methyl sites for hydroxylation is 1. The van der Waals surface area contributed by atoms with Crippen LogP contribution in [0, 0.1) is 6.92 Å². The summed E-state index contributed by atoms with van der Waals surface area (Å²) in [5.74, 6) is 1.15. The van der Waals surface area contributed by atoms with Crippen LogP contribution in [-0.2, 0) is 4.79 Å². The Morgan fingerprint density at radius 1 is 1.23 bits per heavy atom. The van der Waals surface area contributed by atoms with Crippen molar-refractivity contribution in [2.45, 2.75) is 13.8 Å². The first-order valence-electron chi connectivity index (χ1n) is 6.52. The SMILES string of the molecule is CC(=O)NC(=O)Nc1ccc(Oc2ccnc(N)c2)c(C)c1. The van der Waals surface area contributed by atoms with Gasteiger partial charge in [-0.2, -0.15) is 0 Å². The van der Waals surface area contributed by atoms with Gasteiger partial charge < -0.3 is 15.8 Å². The number of benzene rings is 1. The third-order valence-corrected chi connectivity index (χ3v) is 2.70. The molecule has 0 radical (unpaired) electrons. The highest BCUT2D eigenvalue weighted by Gasteiger charge is 2.07. The molecular formula is C15H16N4O3. The van der Waals surface area contributed by atoms with Crippen LogP contribution in [0.5, 0.6) is 11.5 Å². The Labute approximate surface area is 127 Å². The molecular weight excluding hydrogens is 284 g/mol. The standard InChI is InChI=1S/C15H16N4O3/c1-9-7-11(19-15(21)18-10(2)20)3-4-13(9)22-12-5-6-17-14(16)8-12/h3-8H,1-2H3,(H2,16,17)(H2,18,19,20,21).